The number of likely N-dealkylation sites (tertiary alicyclic amines) is 1. The largest absolute Gasteiger partial charge is 0.467 e. The maximum absolute atomic E-state index is 10.2. The third-order valence-electron chi connectivity index (χ3n) is 5.63. The van der Waals surface area contributed by atoms with Crippen LogP contribution in [0.1, 0.15) is 30.3 Å². The predicted octanol–water partition coefficient (Wildman–Crippen LogP) is 2.81. The van der Waals surface area contributed by atoms with Crippen molar-refractivity contribution in [3.63, 3.8) is 0 Å². The van der Waals surface area contributed by atoms with Gasteiger partial charge in [0.25, 0.3) is 0 Å². The molecule has 0 bridgehead atoms. The van der Waals surface area contributed by atoms with Crippen molar-refractivity contribution in [2.45, 2.75) is 31.5 Å². The lowest BCUT2D eigenvalue weighted by atomic mass is 9.97. The molecule has 1 aliphatic heterocycles. The number of aliphatic hydroxyl groups excluding tert-OH is 1. The molecule has 2 heterocycles. The molecule has 2 fully saturated rings. The summed E-state index contributed by atoms with van der Waals surface area (Å²) < 4.78 is 5.28. The van der Waals surface area contributed by atoms with Gasteiger partial charge in [0.2, 0.25) is 0 Å². The molecule has 24 heavy (non-hydrogen) atoms. The summed E-state index contributed by atoms with van der Waals surface area (Å²) in [5.74, 6) is 2.15. The monoisotopic (exact) mass is 326 g/mol. The summed E-state index contributed by atoms with van der Waals surface area (Å²) in [5, 5.41) is 13.8. The molecule has 128 valence electrons. The molecule has 1 aromatic carbocycles. The number of hydrogen-bond acceptors (Lipinski definition) is 4. The van der Waals surface area contributed by atoms with Gasteiger partial charge in [0.1, 0.15) is 11.9 Å². The van der Waals surface area contributed by atoms with Crippen LogP contribution >= 0.6 is 0 Å². The van der Waals surface area contributed by atoms with Crippen molar-refractivity contribution in [3.8, 4) is 0 Å². The van der Waals surface area contributed by atoms with Crippen LogP contribution in [0.4, 0.5) is 0 Å². The first-order valence-electron chi connectivity index (χ1n) is 9.01. The van der Waals surface area contributed by atoms with Crippen molar-refractivity contribution in [3.05, 3.63) is 60.1 Å². The molecule has 2 N–H and O–H groups in total. The number of benzene rings is 1. The second-order valence-electron chi connectivity index (χ2n) is 7.23. The first-order chi connectivity index (χ1) is 11.8. The zero-order valence-electron chi connectivity index (χ0n) is 14.0. The van der Waals surface area contributed by atoms with Gasteiger partial charge in [0, 0.05) is 32.2 Å². The van der Waals surface area contributed by atoms with Crippen molar-refractivity contribution in [2.75, 3.05) is 19.6 Å². The lowest BCUT2D eigenvalue weighted by Crippen LogP contribution is -2.38. The van der Waals surface area contributed by atoms with E-state index < -0.39 is 6.10 Å². The molecule has 1 aromatic heterocycles. The van der Waals surface area contributed by atoms with Gasteiger partial charge in [-0.15, -0.1) is 0 Å². The number of nitrogens with one attached hydrogen (secondary N) is 1. The minimum absolute atomic E-state index is 0.514. The molecule has 1 saturated carbocycles. The fourth-order valence-corrected chi connectivity index (χ4v) is 4.43. The highest BCUT2D eigenvalue weighted by Gasteiger charge is 2.42. The van der Waals surface area contributed by atoms with Crippen molar-refractivity contribution in [1.29, 1.82) is 0 Å². The minimum atomic E-state index is -0.555. The average molecular weight is 326 g/mol. The smallest absolute Gasteiger partial charge is 0.133 e. The predicted molar refractivity (Wildman–Crippen MR) is 93.4 cm³/mol. The molecule has 2 aromatic rings. The van der Waals surface area contributed by atoms with E-state index in [1.807, 2.05) is 12.1 Å². The lowest BCUT2D eigenvalue weighted by Gasteiger charge is -2.23. The zero-order valence-corrected chi connectivity index (χ0v) is 14.0. The molecular weight excluding hydrogens is 300 g/mol. The number of furan rings is 1. The Hall–Kier alpha value is -1.62. The van der Waals surface area contributed by atoms with E-state index in [9.17, 15) is 5.11 Å². The van der Waals surface area contributed by atoms with Gasteiger partial charge >= 0.3 is 0 Å². The van der Waals surface area contributed by atoms with E-state index in [0.717, 1.165) is 19.0 Å². The van der Waals surface area contributed by atoms with Crippen LogP contribution in [0.5, 0.6) is 0 Å². The molecule has 4 nitrogen and oxygen atoms in total. The molecule has 0 spiro atoms. The van der Waals surface area contributed by atoms with Crippen LogP contribution in [0.15, 0.2) is 53.1 Å². The topological polar surface area (TPSA) is 48.6 Å². The van der Waals surface area contributed by atoms with Crippen LogP contribution in [0.25, 0.3) is 0 Å². The number of aliphatic hydroxyl groups is 1. The third kappa shape index (κ3) is 3.41. The lowest BCUT2D eigenvalue weighted by molar-refractivity contribution is 0.139. The highest BCUT2D eigenvalue weighted by atomic mass is 16.4. The summed E-state index contributed by atoms with van der Waals surface area (Å²) in [6.07, 6.45) is 3.58. The molecule has 1 aliphatic carbocycles. The van der Waals surface area contributed by atoms with Crippen molar-refractivity contribution < 1.29 is 9.52 Å². The molecule has 4 atom stereocenters. The Labute approximate surface area is 143 Å². The maximum atomic E-state index is 10.2. The Bertz CT molecular complexity index is 628. The Kier molecular flexibility index (Phi) is 4.69. The van der Waals surface area contributed by atoms with Crippen LogP contribution in [-0.4, -0.2) is 35.7 Å². The first-order valence-corrected chi connectivity index (χ1v) is 9.01. The Morgan fingerprint density at radius 1 is 1.12 bits per heavy atom. The maximum Gasteiger partial charge on any atom is 0.133 e. The average Bonchev–Trinajstić information content (AvgIpc) is 3.31. The van der Waals surface area contributed by atoms with E-state index in [-0.39, 0.29) is 0 Å². The molecule has 4 rings (SSSR count). The quantitative estimate of drug-likeness (QED) is 0.857. The summed E-state index contributed by atoms with van der Waals surface area (Å²) in [5.41, 5.74) is 1.40. The normalized spacial score (nSPS) is 28.1. The van der Waals surface area contributed by atoms with E-state index >= 15 is 0 Å². The van der Waals surface area contributed by atoms with Gasteiger partial charge in [0.05, 0.1) is 6.26 Å². The second-order valence-corrected chi connectivity index (χ2v) is 7.23. The Morgan fingerprint density at radius 3 is 2.79 bits per heavy atom. The van der Waals surface area contributed by atoms with Gasteiger partial charge in [-0.05, 0) is 42.4 Å². The number of nitrogens with zero attached hydrogens (tertiary/aromatic N) is 1. The molecule has 4 unspecified atom stereocenters. The molecule has 4 heteroatoms. The van der Waals surface area contributed by atoms with Gasteiger partial charge in [-0.1, -0.05) is 30.3 Å². The fraction of sp³-hybridized carbons (Fsp3) is 0.500. The minimum Gasteiger partial charge on any atom is -0.467 e. The van der Waals surface area contributed by atoms with Gasteiger partial charge in [-0.2, -0.15) is 0 Å². The Morgan fingerprint density at radius 2 is 2.00 bits per heavy atom. The van der Waals surface area contributed by atoms with Crippen molar-refractivity contribution in [1.82, 2.24) is 10.2 Å². The summed E-state index contributed by atoms with van der Waals surface area (Å²) in [6, 6.07) is 14.9. The molecule has 2 aliphatic rings. The second kappa shape index (κ2) is 7.09. The van der Waals surface area contributed by atoms with E-state index in [4.69, 9.17) is 4.42 Å². The standard InChI is InChI=1S/C20H26N2O2/c23-19(20-7-4-10-24-20)11-21-18-9-8-16-13-22(14-17(16)18)12-15-5-2-1-3-6-15/h1-7,10,16-19,21,23H,8-9,11-14H2. The van der Waals surface area contributed by atoms with Crippen molar-refractivity contribution in [2.24, 2.45) is 11.8 Å². The summed E-state index contributed by atoms with van der Waals surface area (Å²) in [6.45, 7) is 3.99. The van der Waals surface area contributed by atoms with Crippen LogP contribution in [0, 0.1) is 11.8 Å². The van der Waals surface area contributed by atoms with E-state index in [1.165, 1.54) is 24.9 Å². The van der Waals surface area contributed by atoms with E-state index in [2.05, 4.69) is 40.5 Å². The van der Waals surface area contributed by atoms with Crippen LogP contribution in [0.3, 0.4) is 0 Å². The number of fused-ring (bicyclic) bond motifs is 1. The van der Waals surface area contributed by atoms with Gasteiger partial charge in [-0.25, -0.2) is 0 Å². The first kappa shape index (κ1) is 15.9. The highest BCUT2D eigenvalue weighted by Crippen LogP contribution is 2.38. The molecular formula is C20H26N2O2. The number of rotatable bonds is 6. The molecule has 1 saturated heterocycles. The van der Waals surface area contributed by atoms with Crippen LogP contribution in [0.2, 0.25) is 0 Å². The summed E-state index contributed by atoms with van der Waals surface area (Å²) in [7, 11) is 0. The van der Waals surface area contributed by atoms with Crippen LogP contribution in [-0.2, 0) is 6.54 Å². The molecule has 0 radical (unpaired) electrons. The zero-order chi connectivity index (χ0) is 16.4. The molecule has 0 amide bonds. The SMILES string of the molecule is OC(CNC1CCC2CN(Cc3ccccc3)CC21)c1ccco1. The van der Waals surface area contributed by atoms with E-state index in [0.29, 0.717) is 24.3 Å². The summed E-state index contributed by atoms with van der Waals surface area (Å²) >= 11 is 0. The van der Waals surface area contributed by atoms with Crippen molar-refractivity contribution >= 4 is 0 Å². The third-order valence-corrected chi connectivity index (χ3v) is 5.63. The van der Waals surface area contributed by atoms with E-state index in [1.54, 1.807) is 6.26 Å². The highest BCUT2D eigenvalue weighted by molar-refractivity contribution is 5.15. The fourth-order valence-electron chi connectivity index (χ4n) is 4.43. The Balaban J connectivity index is 1.30. The van der Waals surface area contributed by atoms with Gasteiger partial charge in [-0.3, -0.25) is 4.90 Å². The van der Waals surface area contributed by atoms with Gasteiger partial charge in [0.15, 0.2) is 0 Å². The van der Waals surface area contributed by atoms with Crippen LogP contribution < -0.4 is 5.32 Å². The number of hydrogen-bond donors (Lipinski definition) is 2. The summed E-state index contributed by atoms with van der Waals surface area (Å²) in [4.78, 5) is 2.58. The van der Waals surface area contributed by atoms with Gasteiger partial charge < -0.3 is 14.8 Å².